The molecule has 0 saturated heterocycles. The quantitative estimate of drug-likeness (QED) is 0.482. The first-order chi connectivity index (χ1) is 14.3. The standard InChI is InChI=1S/C24H22N2O2S.ClH/c27-24-14-19(28-16-17-5-2-1-3-6-17)10-12-26(24)18-8-9-22-21(13-18)20-7-4-11-25-15-23(20)29-22;/h1-3,5-6,8-10,12-14,25H,4,7,11,15-16H2;1H. The minimum Gasteiger partial charge on any atom is -0.489 e. The van der Waals surface area contributed by atoms with Crippen LogP contribution in [-0.4, -0.2) is 11.1 Å². The Morgan fingerprint density at radius 3 is 2.77 bits per heavy atom. The molecule has 4 aromatic rings. The zero-order chi connectivity index (χ0) is 19.6. The number of halogens is 1. The van der Waals surface area contributed by atoms with Gasteiger partial charge in [0.15, 0.2) is 0 Å². The van der Waals surface area contributed by atoms with Crippen molar-refractivity contribution in [1.82, 2.24) is 9.88 Å². The van der Waals surface area contributed by atoms with Crippen LogP contribution in [0.25, 0.3) is 15.8 Å². The summed E-state index contributed by atoms with van der Waals surface area (Å²) >= 11 is 1.86. The minimum atomic E-state index is -0.0853. The zero-order valence-electron chi connectivity index (χ0n) is 16.5. The third-order valence-electron chi connectivity index (χ3n) is 5.34. The Hall–Kier alpha value is -2.60. The fraction of sp³-hybridized carbons (Fsp3) is 0.208. The Bertz CT molecular complexity index is 1220. The Balaban J connectivity index is 0.00000218. The van der Waals surface area contributed by atoms with Crippen LogP contribution in [-0.2, 0) is 19.6 Å². The van der Waals surface area contributed by atoms with Crippen molar-refractivity contribution in [2.75, 3.05) is 6.54 Å². The van der Waals surface area contributed by atoms with E-state index in [-0.39, 0.29) is 18.0 Å². The number of ether oxygens (including phenoxy) is 1. The lowest BCUT2D eigenvalue weighted by atomic mass is 10.1. The predicted molar refractivity (Wildman–Crippen MR) is 125 cm³/mol. The van der Waals surface area contributed by atoms with E-state index in [2.05, 4.69) is 17.4 Å². The van der Waals surface area contributed by atoms with E-state index in [9.17, 15) is 4.79 Å². The molecule has 3 heterocycles. The van der Waals surface area contributed by atoms with Gasteiger partial charge in [-0.05, 0) is 60.2 Å². The molecule has 0 radical (unpaired) electrons. The highest BCUT2D eigenvalue weighted by atomic mass is 35.5. The molecule has 2 aromatic carbocycles. The van der Waals surface area contributed by atoms with Crippen molar-refractivity contribution < 1.29 is 4.74 Å². The average molecular weight is 439 g/mol. The van der Waals surface area contributed by atoms with Crippen molar-refractivity contribution in [2.24, 2.45) is 0 Å². The monoisotopic (exact) mass is 438 g/mol. The third-order valence-corrected chi connectivity index (χ3v) is 6.55. The van der Waals surface area contributed by atoms with E-state index in [0.29, 0.717) is 12.4 Å². The van der Waals surface area contributed by atoms with Crippen molar-refractivity contribution in [3.8, 4) is 11.4 Å². The number of rotatable bonds is 4. The van der Waals surface area contributed by atoms with Crippen molar-refractivity contribution in [3.05, 3.63) is 93.2 Å². The summed E-state index contributed by atoms with van der Waals surface area (Å²) < 4.78 is 8.77. The highest BCUT2D eigenvalue weighted by Crippen LogP contribution is 2.34. The van der Waals surface area contributed by atoms with Crippen molar-refractivity contribution in [3.63, 3.8) is 0 Å². The second-order valence-corrected chi connectivity index (χ2v) is 8.45. The molecule has 1 N–H and O–H groups in total. The van der Waals surface area contributed by atoms with E-state index < -0.39 is 0 Å². The summed E-state index contributed by atoms with van der Waals surface area (Å²) in [7, 11) is 0. The number of fused-ring (bicyclic) bond motifs is 3. The predicted octanol–water partition coefficient (Wildman–Crippen LogP) is 5.09. The Labute approximate surface area is 185 Å². The summed E-state index contributed by atoms with van der Waals surface area (Å²) in [5.41, 5.74) is 3.33. The first kappa shape index (κ1) is 20.7. The number of nitrogens with one attached hydrogen (secondary N) is 1. The lowest BCUT2D eigenvalue weighted by Crippen LogP contribution is -2.16. The molecule has 0 atom stereocenters. The Morgan fingerprint density at radius 1 is 1.07 bits per heavy atom. The molecule has 2 aromatic heterocycles. The molecule has 0 spiro atoms. The number of hydrogen-bond acceptors (Lipinski definition) is 4. The maximum absolute atomic E-state index is 12.7. The normalized spacial score (nSPS) is 13.3. The average Bonchev–Trinajstić information content (AvgIpc) is 2.93. The van der Waals surface area contributed by atoms with Crippen LogP contribution >= 0.6 is 23.7 Å². The van der Waals surface area contributed by atoms with Crippen LogP contribution in [0, 0.1) is 0 Å². The number of aryl methyl sites for hydroxylation is 1. The molecule has 30 heavy (non-hydrogen) atoms. The van der Waals surface area contributed by atoms with E-state index in [0.717, 1.165) is 37.2 Å². The summed E-state index contributed by atoms with van der Waals surface area (Å²) in [6.45, 7) is 2.45. The highest BCUT2D eigenvalue weighted by Gasteiger charge is 2.15. The smallest absolute Gasteiger partial charge is 0.258 e. The highest BCUT2D eigenvalue weighted by molar-refractivity contribution is 7.19. The van der Waals surface area contributed by atoms with Gasteiger partial charge in [-0.1, -0.05) is 30.3 Å². The summed E-state index contributed by atoms with van der Waals surface area (Å²) in [6.07, 6.45) is 4.04. The topological polar surface area (TPSA) is 43.3 Å². The second kappa shape index (κ2) is 9.04. The van der Waals surface area contributed by atoms with Gasteiger partial charge in [0.05, 0.1) is 0 Å². The lowest BCUT2D eigenvalue weighted by Gasteiger charge is -2.10. The molecular weight excluding hydrogens is 416 g/mol. The van der Waals surface area contributed by atoms with Crippen molar-refractivity contribution >= 4 is 33.8 Å². The van der Waals surface area contributed by atoms with Crippen molar-refractivity contribution in [2.45, 2.75) is 26.0 Å². The summed E-state index contributed by atoms with van der Waals surface area (Å²) in [5.74, 6) is 0.589. The van der Waals surface area contributed by atoms with Crippen LogP contribution in [0.5, 0.6) is 5.75 Å². The maximum Gasteiger partial charge on any atom is 0.258 e. The molecule has 0 fully saturated rings. The van der Waals surface area contributed by atoms with Crippen molar-refractivity contribution in [1.29, 1.82) is 0 Å². The van der Waals surface area contributed by atoms with E-state index in [4.69, 9.17) is 4.74 Å². The van der Waals surface area contributed by atoms with Gasteiger partial charge in [0.1, 0.15) is 12.4 Å². The van der Waals surface area contributed by atoms with E-state index in [1.54, 1.807) is 16.8 Å². The van der Waals surface area contributed by atoms with E-state index in [1.807, 2.05) is 53.8 Å². The molecule has 5 rings (SSSR count). The van der Waals surface area contributed by atoms with Gasteiger partial charge in [-0.15, -0.1) is 23.7 Å². The maximum atomic E-state index is 12.7. The van der Waals surface area contributed by atoms with Crippen LogP contribution in [0.4, 0.5) is 0 Å². The number of thiophene rings is 1. The Morgan fingerprint density at radius 2 is 1.93 bits per heavy atom. The fourth-order valence-corrected chi connectivity index (χ4v) is 5.05. The van der Waals surface area contributed by atoms with E-state index >= 15 is 0 Å². The van der Waals surface area contributed by atoms with Gasteiger partial charge in [0.2, 0.25) is 0 Å². The van der Waals surface area contributed by atoms with Crippen LogP contribution in [0.1, 0.15) is 22.4 Å². The molecule has 154 valence electrons. The van der Waals surface area contributed by atoms with E-state index in [1.165, 1.54) is 20.5 Å². The first-order valence-corrected chi connectivity index (χ1v) is 10.7. The molecule has 0 aliphatic carbocycles. The van der Waals surface area contributed by atoms with Crippen LogP contribution in [0.3, 0.4) is 0 Å². The van der Waals surface area contributed by atoms with Crippen LogP contribution in [0.15, 0.2) is 71.7 Å². The zero-order valence-corrected chi connectivity index (χ0v) is 18.1. The molecule has 0 saturated carbocycles. The molecule has 0 bridgehead atoms. The molecule has 6 heteroatoms. The largest absolute Gasteiger partial charge is 0.489 e. The SMILES string of the molecule is Cl.O=c1cc(OCc2ccccc2)ccn1-c1ccc2sc3c(c2c1)CCCNC3. The van der Waals surface area contributed by atoms with Gasteiger partial charge < -0.3 is 10.1 Å². The van der Waals surface area contributed by atoms with Gasteiger partial charge in [-0.2, -0.15) is 0 Å². The third kappa shape index (κ3) is 4.15. The molecule has 1 aliphatic heterocycles. The number of hydrogen-bond donors (Lipinski definition) is 1. The number of nitrogens with zero attached hydrogens (tertiary/aromatic N) is 1. The second-order valence-electron chi connectivity index (χ2n) is 7.31. The molecule has 0 unspecified atom stereocenters. The summed E-state index contributed by atoms with van der Waals surface area (Å²) in [4.78, 5) is 14.2. The first-order valence-electron chi connectivity index (χ1n) is 9.93. The van der Waals surface area contributed by atoms with Gasteiger partial charge in [-0.25, -0.2) is 0 Å². The van der Waals surface area contributed by atoms with Gasteiger partial charge in [-0.3, -0.25) is 9.36 Å². The van der Waals surface area contributed by atoms with Gasteiger partial charge >= 0.3 is 0 Å². The van der Waals surface area contributed by atoms with Crippen LogP contribution < -0.4 is 15.6 Å². The summed E-state index contributed by atoms with van der Waals surface area (Å²) in [6, 6.07) is 19.7. The number of pyridine rings is 1. The fourth-order valence-electron chi connectivity index (χ4n) is 3.85. The number of benzene rings is 2. The van der Waals surface area contributed by atoms with Crippen LogP contribution in [0.2, 0.25) is 0 Å². The molecule has 1 aliphatic rings. The minimum absolute atomic E-state index is 0. The summed E-state index contributed by atoms with van der Waals surface area (Å²) in [5, 5.41) is 4.77. The lowest BCUT2D eigenvalue weighted by molar-refractivity contribution is 0.305. The number of aromatic nitrogens is 1. The molecule has 0 amide bonds. The van der Waals surface area contributed by atoms with Gasteiger partial charge in [0.25, 0.3) is 5.56 Å². The molecule has 4 nitrogen and oxygen atoms in total. The molecular formula is C24H23ClN2O2S. The van der Waals surface area contributed by atoms with Gasteiger partial charge in [0, 0.05) is 34.1 Å². The Kier molecular flexibility index (Phi) is 6.23.